The maximum absolute atomic E-state index is 11.6. The van der Waals surface area contributed by atoms with Crippen molar-refractivity contribution in [2.75, 3.05) is 0 Å². The molecule has 0 radical (unpaired) electrons. The van der Waals surface area contributed by atoms with Gasteiger partial charge in [-0.2, -0.15) is 0 Å². The number of nitrogens with zero attached hydrogens (tertiary/aromatic N) is 1. The minimum Gasteiger partial charge on any atom is -0.370 e. The highest BCUT2D eigenvalue weighted by molar-refractivity contribution is 5.96. The summed E-state index contributed by atoms with van der Waals surface area (Å²) >= 11 is 0. The molecule has 98 valence electrons. The molecule has 1 fully saturated rings. The second-order valence-corrected chi connectivity index (χ2v) is 6.09. The minimum absolute atomic E-state index is 0.0186. The summed E-state index contributed by atoms with van der Waals surface area (Å²) in [7, 11) is 0. The molecule has 1 saturated carbocycles. The van der Waals surface area contributed by atoms with Crippen LogP contribution in [0.25, 0.3) is 0 Å². The van der Waals surface area contributed by atoms with Crippen LogP contribution in [0.1, 0.15) is 59.3 Å². The summed E-state index contributed by atoms with van der Waals surface area (Å²) in [5, 5.41) is 2.67. The van der Waals surface area contributed by atoms with E-state index >= 15 is 0 Å². The fraction of sp³-hybridized carbons (Fsp3) is 0.846. The second-order valence-electron chi connectivity index (χ2n) is 6.09. The van der Waals surface area contributed by atoms with Crippen LogP contribution < -0.4 is 11.1 Å². The third-order valence-corrected chi connectivity index (χ3v) is 2.85. The third-order valence-electron chi connectivity index (χ3n) is 2.85. The zero-order chi connectivity index (χ0) is 12.9. The predicted octanol–water partition coefficient (Wildman–Crippen LogP) is 2.19. The first kappa shape index (κ1) is 14.0. The maximum atomic E-state index is 11.6. The SMILES string of the molecule is CC(C)(C)CC(=O)NC(N)=NC1CCCCC1. The van der Waals surface area contributed by atoms with Gasteiger partial charge in [-0.05, 0) is 18.3 Å². The maximum Gasteiger partial charge on any atom is 0.227 e. The van der Waals surface area contributed by atoms with E-state index in [2.05, 4.69) is 10.3 Å². The van der Waals surface area contributed by atoms with Crippen LogP contribution in [0.2, 0.25) is 0 Å². The molecule has 0 bridgehead atoms. The van der Waals surface area contributed by atoms with E-state index in [1.165, 1.54) is 19.3 Å². The van der Waals surface area contributed by atoms with Gasteiger partial charge >= 0.3 is 0 Å². The van der Waals surface area contributed by atoms with Crippen LogP contribution >= 0.6 is 0 Å². The highest BCUT2D eigenvalue weighted by Crippen LogP contribution is 2.20. The van der Waals surface area contributed by atoms with Gasteiger partial charge in [-0.25, -0.2) is 4.99 Å². The molecule has 17 heavy (non-hydrogen) atoms. The number of carbonyl (C=O) groups excluding carboxylic acids is 1. The fourth-order valence-electron chi connectivity index (χ4n) is 2.11. The van der Waals surface area contributed by atoms with Gasteiger partial charge in [0.15, 0.2) is 5.96 Å². The van der Waals surface area contributed by atoms with Crippen molar-refractivity contribution in [2.45, 2.75) is 65.3 Å². The van der Waals surface area contributed by atoms with E-state index in [4.69, 9.17) is 5.73 Å². The number of hydrogen-bond donors (Lipinski definition) is 2. The van der Waals surface area contributed by atoms with Crippen LogP contribution in [0, 0.1) is 5.41 Å². The van der Waals surface area contributed by atoms with Crippen LogP contribution in [-0.4, -0.2) is 17.9 Å². The number of nitrogens with two attached hydrogens (primary N) is 1. The Kier molecular flexibility index (Phi) is 4.97. The van der Waals surface area contributed by atoms with E-state index in [-0.39, 0.29) is 17.3 Å². The second kappa shape index (κ2) is 6.03. The summed E-state index contributed by atoms with van der Waals surface area (Å²) in [6.07, 6.45) is 6.39. The fourth-order valence-corrected chi connectivity index (χ4v) is 2.11. The van der Waals surface area contributed by atoms with Crippen molar-refractivity contribution < 1.29 is 4.79 Å². The number of aliphatic imine (C=N–C) groups is 1. The van der Waals surface area contributed by atoms with Gasteiger partial charge in [0.25, 0.3) is 0 Å². The molecule has 3 N–H and O–H groups in total. The molecule has 1 aliphatic rings. The molecule has 0 aromatic heterocycles. The topological polar surface area (TPSA) is 67.5 Å². The summed E-state index contributed by atoms with van der Waals surface area (Å²) in [5.74, 6) is 0.237. The highest BCUT2D eigenvalue weighted by Gasteiger charge is 2.17. The molecule has 0 spiro atoms. The molecule has 0 aromatic carbocycles. The highest BCUT2D eigenvalue weighted by atomic mass is 16.1. The molecule has 4 heteroatoms. The molecule has 0 atom stereocenters. The molecule has 1 amide bonds. The lowest BCUT2D eigenvalue weighted by atomic mass is 9.92. The molecule has 0 saturated heterocycles. The zero-order valence-electron chi connectivity index (χ0n) is 11.3. The Balaban J connectivity index is 2.39. The van der Waals surface area contributed by atoms with Crippen molar-refractivity contribution >= 4 is 11.9 Å². The first-order chi connectivity index (χ1) is 7.87. The Morgan fingerprint density at radius 3 is 2.41 bits per heavy atom. The van der Waals surface area contributed by atoms with Crippen molar-refractivity contribution in [2.24, 2.45) is 16.1 Å². The quantitative estimate of drug-likeness (QED) is 0.573. The first-order valence-corrected chi connectivity index (χ1v) is 6.50. The van der Waals surface area contributed by atoms with Crippen molar-refractivity contribution in [1.29, 1.82) is 0 Å². The van der Waals surface area contributed by atoms with Gasteiger partial charge in [0.05, 0.1) is 6.04 Å². The number of nitrogens with one attached hydrogen (secondary N) is 1. The lowest BCUT2D eigenvalue weighted by Gasteiger charge is -2.19. The van der Waals surface area contributed by atoms with Crippen molar-refractivity contribution in [1.82, 2.24) is 5.32 Å². The van der Waals surface area contributed by atoms with Gasteiger partial charge in [-0.1, -0.05) is 40.0 Å². The monoisotopic (exact) mass is 239 g/mol. The minimum atomic E-state index is -0.0467. The van der Waals surface area contributed by atoms with Gasteiger partial charge in [0.1, 0.15) is 0 Å². The van der Waals surface area contributed by atoms with Crippen molar-refractivity contribution in [3.05, 3.63) is 0 Å². The summed E-state index contributed by atoms with van der Waals surface area (Å²) in [6.45, 7) is 6.09. The Bertz CT molecular complexity index is 286. The van der Waals surface area contributed by atoms with Gasteiger partial charge in [-0.3, -0.25) is 10.1 Å². The smallest absolute Gasteiger partial charge is 0.227 e. The van der Waals surface area contributed by atoms with Crippen LogP contribution in [-0.2, 0) is 4.79 Å². The predicted molar refractivity (Wildman–Crippen MR) is 70.7 cm³/mol. The number of amides is 1. The van der Waals surface area contributed by atoms with Crippen LogP contribution in [0.4, 0.5) is 0 Å². The number of guanidine groups is 1. The number of rotatable bonds is 2. The lowest BCUT2D eigenvalue weighted by Crippen LogP contribution is -2.39. The Morgan fingerprint density at radius 1 is 1.29 bits per heavy atom. The normalized spacial score (nSPS) is 19.1. The summed E-state index contributed by atoms with van der Waals surface area (Å²) in [4.78, 5) is 16.0. The molecular weight excluding hydrogens is 214 g/mol. The van der Waals surface area contributed by atoms with E-state index in [0.717, 1.165) is 12.8 Å². The summed E-state index contributed by atoms with van der Waals surface area (Å²) in [6, 6.07) is 0.304. The molecule has 0 aromatic rings. The first-order valence-electron chi connectivity index (χ1n) is 6.50. The molecular formula is C13H25N3O. The van der Waals surface area contributed by atoms with Crippen molar-refractivity contribution in [3.8, 4) is 0 Å². The van der Waals surface area contributed by atoms with Crippen molar-refractivity contribution in [3.63, 3.8) is 0 Å². The van der Waals surface area contributed by atoms with E-state index in [0.29, 0.717) is 12.5 Å². The average Bonchev–Trinajstić information content (AvgIpc) is 2.15. The van der Waals surface area contributed by atoms with Gasteiger partial charge in [0, 0.05) is 6.42 Å². The molecule has 4 nitrogen and oxygen atoms in total. The van der Waals surface area contributed by atoms with Crippen LogP contribution in [0.3, 0.4) is 0 Å². The molecule has 0 aliphatic heterocycles. The van der Waals surface area contributed by atoms with E-state index in [1.54, 1.807) is 0 Å². The molecule has 0 heterocycles. The number of hydrogen-bond acceptors (Lipinski definition) is 2. The Morgan fingerprint density at radius 2 is 1.88 bits per heavy atom. The number of carbonyl (C=O) groups is 1. The van der Waals surface area contributed by atoms with E-state index < -0.39 is 0 Å². The molecule has 0 unspecified atom stereocenters. The standard InChI is InChI=1S/C13H25N3O/c1-13(2,3)9-11(17)16-12(14)15-10-7-5-4-6-8-10/h10H,4-9H2,1-3H3,(H3,14,15,16,17). The van der Waals surface area contributed by atoms with Gasteiger partial charge in [0.2, 0.25) is 5.91 Å². The van der Waals surface area contributed by atoms with Gasteiger partial charge in [-0.15, -0.1) is 0 Å². The Labute approximate surface area is 104 Å². The Hall–Kier alpha value is -1.06. The average molecular weight is 239 g/mol. The van der Waals surface area contributed by atoms with E-state index in [1.807, 2.05) is 20.8 Å². The summed E-state index contributed by atoms with van der Waals surface area (Å²) < 4.78 is 0. The summed E-state index contributed by atoms with van der Waals surface area (Å²) in [5.41, 5.74) is 5.72. The largest absolute Gasteiger partial charge is 0.370 e. The lowest BCUT2D eigenvalue weighted by molar-refractivity contribution is -0.121. The van der Waals surface area contributed by atoms with Gasteiger partial charge < -0.3 is 5.73 Å². The molecule has 1 rings (SSSR count). The molecule has 1 aliphatic carbocycles. The zero-order valence-corrected chi connectivity index (χ0v) is 11.3. The van der Waals surface area contributed by atoms with Crippen LogP contribution in [0.5, 0.6) is 0 Å². The van der Waals surface area contributed by atoms with Crippen LogP contribution in [0.15, 0.2) is 4.99 Å². The third kappa shape index (κ3) is 6.29. The van der Waals surface area contributed by atoms with E-state index in [9.17, 15) is 4.79 Å².